The lowest BCUT2D eigenvalue weighted by molar-refractivity contribution is 0.0696. The number of halogens is 1. The molecule has 20 heavy (non-hydrogen) atoms. The Morgan fingerprint density at radius 1 is 1.40 bits per heavy atom. The van der Waals surface area contributed by atoms with Gasteiger partial charge in [0.15, 0.2) is 0 Å². The van der Waals surface area contributed by atoms with Crippen LogP contribution in [-0.2, 0) is 7.05 Å². The van der Waals surface area contributed by atoms with Crippen molar-refractivity contribution in [3.8, 4) is 0 Å². The van der Waals surface area contributed by atoms with Gasteiger partial charge in [-0.2, -0.15) is 5.10 Å². The minimum absolute atomic E-state index is 0.0803. The van der Waals surface area contributed by atoms with Crippen LogP contribution in [-0.4, -0.2) is 26.8 Å². The first-order valence-corrected chi connectivity index (χ1v) is 5.73. The molecular weight excluding hydrogens is 265 g/mol. The van der Waals surface area contributed by atoms with Crippen molar-refractivity contribution in [2.75, 3.05) is 5.32 Å². The fourth-order valence-electron chi connectivity index (χ4n) is 1.66. The highest BCUT2D eigenvalue weighted by Crippen LogP contribution is 2.17. The second-order valence-corrected chi connectivity index (χ2v) is 4.22. The second-order valence-electron chi connectivity index (χ2n) is 4.22. The average Bonchev–Trinajstić information content (AvgIpc) is 2.72. The van der Waals surface area contributed by atoms with Gasteiger partial charge in [-0.15, -0.1) is 0 Å². The Balaban J connectivity index is 2.24. The SMILES string of the molecule is Cc1c(C(=O)Nc2ccc(C(=O)O)cc2F)cnn1C. The van der Waals surface area contributed by atoms with Gasteiger partial charge >= 0.3 is 5.97 Å². The highest BCUT2D eigenvalue weighted by molar-refractivity contribution is 6.05. The largest absolute Gasteiger partial charge is 0.478 e. The summed E-state index contributed by atoms with van der Waals surface area (Å²) in [4.78, 5) is 22.7. The van der Waals surface area contributed by atoms with E-state index >= 15 is 0 Å². The highest BCUT2D eigenvalue weighted by Gasteiger charge is 2.15. The third kappa shape index (κ3) is 2.51. The molecule has 1 aromatic carbocycles. The number of nitrogens with zero attached hydrogens (tertiary/aromatic N) is 2. The molecule has 1 heterocycles. The van der Waals surface area contributed by atoms with E-state index in [4.69, 9.17) is 5.11 Å². The Kier molecular flexibility index (Phi) is 3.51. The van der Waals surface area contributed by atoms with Crippen molar-refractivity contribution >= 4 is 17.6 Å². The summed E-state index contributed by atoms with van der Waals surface area (Å²) in [7, 11) is 1.69. The van der Waals surface area contributed by atoms with Crippen LogP contribution in [0.1, 0.15) is 26.4 Å². The highest BCUT2D eigenvalue weighted by atomic mass is 19.1. The number of aromatic nitrogens is 2. The van der Waals surface area contributed by atoms with Crippen LogP contribution in [0, 0.1) is 12.7 Å². The van der Waals surface area contributed by atoms with Gasteiger partial charge in [0.25, 0.3) is 5.91 Å². The molecule has 0 saturated carbocycles. The van der Waals surface area contributed by atoms with Gasteiger partial charge in [-0.05, 0) is 25.1 Å². The van der Waals surface area contributed by atoms with Gasteiger partial charge in [0.05, 0.1) is 23.0 Å². The van der Waals surface area contributed by atoms with Crippen LogP contribution in [0.5, 0.6) is 0 Å². The number of carbonyl (C=O) groups is 2. The zero-order valence-electron chi connectivity index (χ0n) is 10.8. The summed E-state index contributed by atoms with van der Waals surface area (Å²) in [5, 5.41) is 15.0. The van der Waals surface area contributed by atoms with E-state index < -0.39 is 17.7 Å². The molecule has 7 heteroatoms. The number of aromatic carboxylic acids is 1. The standard InChI is InChI=1S/C13H12FN3O3/c1-7-9(6-15-17(7)2)12(18)16-11-4-3-8(13(19)20)5-10(11)14/h3-6H,1-2H3,(H,16,18)(H,19,20). The molecule has 1 aromatic heterocycles. The Hall–Kier alpha value is -2.70. The van der Waals surface area contributed by atoms with Crippen LogP contribution >= 0.6 is 0 Å². The molecule has 0 radical (unpaired) electrons. The lowest BCUT2D eigenvalue weighted by atomic mass is 10.2. The molecule has 0 fully saturated rings. The van der Waals surface area contributed by atoms with Crippen molar-refractivity contribution in [2.24, 2.45) is 7.05 Å². The van der Waals surface area contributed by atoms with Crippen LogP contribution in [0.2, 0.25) is 0 Å². The molecule has 1 amide bonds. The van der Waals surface area contributed by atoms with E-state index in [-0.39, 0.29) is 11.3 Å². The van der Waals surface area contributed by atoms with E-state index in [1.807, 2.05) is 0 Å². The van der Waals surface area contributed by atoms with Crippen molar-refractivity contribution in [3.63, 3.8) is 0 Å². The topological polar surface area (TPSA) is 84.2 Å². The first kappa shape index (κ1) is 13.7. The van der Waals surface area contributed by atoms with Gasteiger partial charge in [-0.3, -0.25) is 9.48 Å². The zero-order valence-corrected chi connectivity index (χ0v) is 10.8. The van der Waals surface area contributed by atoms with Gasteiger partial charge in [0.1, 0.15) is 5.82 Å². The average molecular weight is 277 g/mol. The number of aryl methyl sites for hydroxylation is 1. The summed E-state index contributed by atoms with van der Waals surface area (Å²) < 4.78 is 15.2. The van der Waals surface area contributed by atoms with E-state index in [2.05, 4.69) is 10.4 Å². The molecule has 0 bridgehead atoms. The third-order valence-corrected chi connectivity index (χ3v) is 2.94. The molecule has 0 unspecified atom stereocenters. The van der Waals surface area contributed by atoms with Crippen LogP contribution in [0.25, 0.3) is 0 Å². The third-order valence-electron chi connectivity index (χ3n) is 2.94. The number of nitrogens with one attached hydrogen (secondary N) is 1. The van der Waals surface area contributed by atoms with Crippen molar-refractivity contribution in [2.45, 2.75) is 6.92 Å². The smallest absolute Gasteiger partial charge is 0.335 e. The van der Waals surface area contributed by atoms with Gasteiger partial charge in [0, 0.05) is 12.7 Å². The molecule has 6 nitrogen and oxygen atoms in total. The number of anilines is 1. The molecule has 0 saturated heterocycles. The molecule has 2 rings (SSSR count). The van der Waals surface area contributed by atoms with Crippen molar-refractivity contribution in [1.82, 2.24) is 9.78 Å². The maximum Gasteiger partial charge on any atom is 0.335 e. The number of hydrogen-bond donors (Lipinski definition) is 2. The second kappa shape index (κ2) is 5.12. The normalized spacial score (nSPS) is 10.3. The predicted molar refractivity (Wildman–Crippen MR) is 69.3 cm³/mol. The molecule has 2 N–H and O–H groups in total. The van der Waals surface area contributed by atoms with Crippen molar-refractivity contribution in [3.05, 3.63) is 47.0 Å². The Morgan fingerprint density at radius 2 is 2.10 bits per heavy atom. The van der Waals surface area contributed by atoms with Gasteiger partial charge in [0.2, 0.25) is 0 Å². The van der Waals surface area contributed by atoms with E-state index in [0.29, 0.717) is 11.3 Å². The Labute approximate surface area is 113 Å². The lowest BCUT2D eigenvalue weighted by Gasteiger charge is -2.06. The molecule has 0 aliphatic rings. The first-order chi connectivity index (χ1) is 9.40. The number of carboxylic acids is 1. The summed E-state index contributed by atoms with van der Waals surface area (Å²) in [5.41, 5.74) is 0.709. The fourth-order valence-corrected chi connectivity index (χ4v) is 1.66. The van der Waals surface area contributed by atoms with Crippen LogP contribution < -0.4 is 5.32 Å². The maximum atomic E-state index is 13.7. The molecular formula is C13H12FN3O3. The maximum absolute atomic E-state index is 13.7. The lowest BCUT2D eigenvalue weighted by Crippen LogP contribution is -2.14. The van der Waals surface area contributed by atoms with Crippen molar-refractivity contribution < 1.29 is 19.1 Å². The monoisotopic (exact) mass is 277 g/mol. The van der Waals surface area contributed by atoms with Gasteiger partial charge < -0.3 is 10.4 Å². The predicted octanol–water partition coefficient (Wildman–Crippen LogP) is 1.82. The van der Waals surface area contributed by atoms with Crippen LogP contribution in [0.3, 0.4) is 0 Å². The molecule has 0 aliphatic heterocycles. The van der Waals surface area contributed by atoms with Gasteiger partial charge in [-0.25, -0.2) is 9.18 Å². The number of carbonyl (C=O) groups excluding carboxylic acids is 1. The summed E-state index contributed by atoms with van der Waals surface area (Å²) in [6, 6.07) is 3.29. The van der Waals surface area contributed by atoms with E-state index in [9.17, 15) is 14.0 Å². The minimum Gasteiger partial charge on any atom is -0.478 e. The number of carboxylic acid groups (broad SMARTS) is 1. The van der Waals surface area contributed by atoms with Crippen LogP contribution in [0.15, 0.2) is 24.4 Å². The van der Waals surface area contributed by atoms with Crippen LogP contribution in [0.4, 0.5) is 10.1 Å². The quantitative estimate of drug-likeness (QED) is 0.896. The molecule has 104 valence electrons. The number of rotatable bonds is 3. The van der Waals surface area contributed by atoms with E-state index in [1.165, 1.54) is 23.0 Å². The van der Waals surface area contributed by atoms with E-state index in [1.54, 1.807) is 14.0 Å². The number of hydrogen-bond acceptors (Lipinski definition) is 3. The number of benzene rings is 1. The zero-order chi connectivity index (χ0) is 14.9. The molecule has 0 aliphatic carbocycles. The Morgan fingerprint density at radius 3 is 2.60 bits per heavy atom. The van der Waals surface area contributed by atoms with Gasteiger partial charge in [-0.1, -0.05) is 0 Å². The van der Waals surface area contributed by atoms with E-state index in [0.717, 1.165) is 6.07 Å². The Bertz CT molecular complexity index is 694. The number of amides is 1. The molecule has 0 spiro atoms. The van der Waals surface area contributed by atoms with Crippen molar-refractivity contribution in [1.29, 1.82) is 0 Å². The minimum atomic E-state index is -1.23. The molecule has 2 aromatic rings. The summed E-state index contributed by atoms with van der Waals surface area (Å²) in [5.74, 6) is -2.54. The fraction of sp³-hybridized carbons (Fsp3) is 0.154. The first-order valence-electron chi connectivity index (χ1n) is 5.73. The molecule has 0 atom stereocenters. The summed E-state index contributed by atoms with van der Waals surface area (Å²) >= 11 is 0. The summed E-state index contributed by atoms with van der Waals surface area (Å²) in [6.45, 7) is 1.71. The summed E-state index contributed by atoms with van der Waals surface area (Å²) in [6.07, 6.45) is 1.38.